The summed E-state index contributed by atoms with van der Waals surface area (Å²) in [6, 6.07) is 27.3. The van der Waals surface area contributed by atoms with Gasteiger partial charge >= 0.3 is 0 Å². The lowest BCUT2D eigenvalue weighted by molar-refractivity contribution is -0.118. The number of hydrogen-bond donors (Lipinski definition) is 1. The van der Waals surface area contributed by atoms with E-state index in [4.69, 9.17) is 25.7 Å². The van der Waals surface area contributed by atoms with E-state index in [2.05, 4.69) is 26.3 Å². The summed E-state index contributed by atoms with van der Waals surface area (Å²) in [5.41, 5.74) is 3.09. The molecule has 4 aromatic carbocycles. The minimum absolute atomic E-state index is 0.237. The Morgan fingerprint density at radius 1 is 1.07 bits per heavy atom. The van der Waals surface area contributed by atoms with E-state index in [-0.39, 0.29) is 28.9 Å². The van der Waals surface area contributed by atoms with E-state index in [1.54, 1.807) is 30.3 Å². The van der Waals surface area contributed by atoms with Crippen LogP contribution in [0, 0.1) is 6.92 Å². The summed E-state index contributed by atoms with van der Waals surface area (Å²) in [6.45, 7) is 1.67. The molecule has 0 saturated heterocycles. The highest BCUT2D eigenvalue weighted by Crippen LogP contribution is 2.34. The molecule has 2 heterocycles. The summed E-state index contributed by atoms with van der Waals surface area (Å²) in [7, 11) is 0. The van der Waals surface area contributed by atoms with Crippen LogP contribution in [0.1, 0.15) is 11.1 Å². The summed E-state index contributed by atoms with van der Waals surface area (Å²) in [6.07, 6.45) is 1.50. The fourth-order valence-corrected chi connectivity index (χ4v) is 5.42. The molecule has 0 aliphatic carbocycles. The predicted molar refractivity (Wildman–Crippen MR) is 169 cm³/mol. The van der Waals surface area contributed by atoms with Gasteiger partial charge in [-0.15, -0.1) is 0 Å². The largest absolute Gasteiger partial charge is 0.481 e. The fourth-order valence-electron chi connectivity index (χ4n) is 4.44. The molecule has 10 heteroatoms. The number of aryl methyl sites for hydroxylation is 1. The summed E-state index contributed by atoms with van der Waals surface area (Å²) in [5, 5.41) is 8.87. The highest BCUT2D eigenvalue weighted by Gasteiger charge is 2.17. The molecule has 0 aliphatic heterocycles. The van der Waals surface area contributed by atoms with E-state index < -0.39 is 0 Å². The monoisotopic (exact) mass is 640 g/mol. The molecule has 42 heavy (non-hydrogen) atoms. The van der Waals surface area contributed by atoms with Crippen LogP contribution < -0.4 is 15.6 Å². The third-order valence-corrected chi connectivity index (χ3v) is 7.38. The van der Waals surface area contributed by atoms with Crippen LogP contribution in [0.4, 0.5) is 5.69 Å². The first-order chi connectivity index (χ1) is 20.4. The van der Waals surface area contributed by atoms with Crippen molar-refractivity contribution in [2.75, 3.05) is 11.9 Å². The van der Waals surface area contributed by atoms with Crippen LogP contribution in [0.2, 0.25) is 5.02 Å². The molecule has 8 nitrogen and oxygen atoms in total. The number of carbonyl (C=O) groups excluding carboxylic acids is 1. The average Bonchev–Trinajstić information content (AvgIpc) is 3.42. The first-order valence-corrected chi connectivity index (χ1v) is 14.1. The van der Waals surface area contributed by atoms with Gasteiger partial charge in [-0.05, 0) is 76.4 Å². The second kappa shape index (κ2) is 11.6. The number of ether oxygens (including phenoxy) is 1. The number of nitrogens with zero attached hydrogens (tertiary/aromatic N) is 3. The van der Waals surface area contributed by atoms with Crippen LogP contribution in [0.15, 0.2) is 110 Å². The number of halogens is 2. The number of carbonyl (C=O) groups is 1. The number of hydrogen-bond acceptors (Lipinski definition) is 6. The zero-order valence-electron chi connectivity index (χ0n) is 22.2. The van der Waals surface area contributed by atoms with Crippen molar-refractivity contribution < 1.29 is 13.9 Å². The van der Waals surface area contributed by atoms with Gasteiger partial charge in [0, 0.05) is 11.1 Å². The van der Waals surface area contributed by atoms with E-state index in [1.165, 1.54) is 10.9 Å². The third-order valence-electron chi connectivity index (χ3n) is 6.51. The lowest BCUT2D eigenvalue weighted by atomic mass is 10.2. The molecule has 208 valence electrons. The van der Waals surface area contributed by atoms with Crippen LogP contribution in [0.3, 0.4) is 0 Å². The molecule has 0 spiro atoms. The van der Waals surface area contributed by atoms with Crippen molar-refractivity contribution in [1.29, 1.82) is 0 Å². The number of benzene rings is 4. The molecule has 6 rings (SSSR count). The molecule has 1 amide bonds. The zero-order valence-corrected chi connectivity index (χ0v) is 24.5. The molecule has 0 aliphatic rings. The number of furan rings is 1. The molecular weight excluding hydrogens is 620 g/mol. The van der Waals surface area contributed by atoms with E-state index in [0.29, 0.717) is 43.7 Å². The van der Waals surface area contributed by atoms with E-state index in [1.807, 2.05) is 67.6 Å². The second-order valence-electron chi connectivity index (χ2n) is 9.43. The highest BCUT2D eigenvalue weighted by molar-refractivity contribution is 9.10. The number of fused-ring (bicyclic) bond motifs is 2. The van der Waals surface area contributed by atoms with Gasteiger partial charge in [-0.3, -0.25) is 9.59 Å². The Bertz CT molecular complexity index is 2010. The van der Waals surface area contributed by atoms with Crippen molar-refractivity contribution in [1.82, 2.24) is 9.66 Å². The number of rotatable bonds is 7. The van der Waals surface area contributed by atoms with Gasteiger partial charge in [0.05, 0.1) is 26.6 Å². The lowest BCUT2D eigenvalue weighted by Gasteiger charge is -2.12. The Morgan fingerprint density at radius 3 is 2.64 bits per heavy atom. The standard InChI is InChI=1S/C32H22BrClN4O4/c1-19-8-2-5-11-25(19)36-29(39)18-41-30-23(33)14-20(15-24(30)34)17-35-38-31(28-16-21-9-3-7-13-27(21)42-28)37-26-12-6-4-10-22(26)32(38)40/h2-17H,18H2,1H3,(H,36,39). The van der Waals surface area contributed by atoms with Gasteiger partial charge in [0.15, 0.2) is 18.1 Å². The lowest BCUT2D eigenvalue weighted by Crippen LogP contribution is -2.21. The maximum absolute atomic E-state index is 13.5. The topological polar surface area (TPSA) is 98.7 Å². The van der Waals surface area contributed by atoms with Crippen LogP contribution in [0.5, 0.6) is 5.75 Å². The third kappa shape index (κ3) is 5.57. The van der Waals surface area contributed by atoms with E-state index in [9.17, 15) is 9.59 Å². The van der Waals surface area contributed by atoms with Gasteiger partial charge in [-0.1, -0.05) is 60.1 Å². The quantitative estimate of drug-likeness (QED) is 0.183. The molecule has 0 radical (unpaired) electrons. The Morgan fingerprint density at radius 2 is 1.83 bits per heavy atom. The first kappa shape index (κ1) is 27.4. The molecule has 0 atom stereocenters. The van der Waals surface area contributed by atoms with E-state index >= 15 is 0 Å². The van der Waals surface area contributed by atoms with Crippen LogP contribution >= 0.6 is 27.5 Å². The summed E-state index contributed by atoms with van der Waals surface area (Å²) in [4.78, 5) is 30.7. The van der Waals surface area contributed by atoms with Crippen molar-refractivity contribution >= 4 is 67.2 Å². The molecule has 0 unspecified atom stereocenters. The first-order valence-electron chi connectivity index (χ1n) is 12.9. The molecule has 0 fully saturated rings. The minimum atomic E-state index is -0.350. The Hall–Kier alpha value is -4.73. The number of para-hydroxylation sites is 3. The smallest absolute Gasteiger partial charge is 0.282 e. The highest BCUT2D eigenvalue weighted by atomic mass is 79.9. The van der Waals surface area contributed by atoms with E-state index in [0.717, 1.165) is 10.9 Å². The van der Waals surface area contributed by atoms with Crippen molar-refractivity contribution in [3.8, 4) is 17.3 Å². The SMILES string of the molecule is Cc1ccccc1NC(=O)COc1c(Cl)cc(C=Nn2c(-c3cc4ccccc4o3)nc3ccccc3c2=O)cc1Br. The van der Waals surface area contributed by atoms with Crippen molar-refractivity contribution in [2.45, 2.75) is 6.92 Å². The van der Waals surface area contributed by atoms with Gasteiger partial charge < -0.3 is 14.5 Å². The van der Waals surface area contributed by atoms with Gasteiger partial charge in [-0.2, -0.15) is 9.78 Å². The Labute approximate surface area is 253 Å². The van der Waals surface area contributed by atoms with Crippen LogP contribution in [0.25, 0.3) is 33.5 Å². The van der Waals surface area contributed by atoms with Gasteiger partial charge in [-0.25, -0.2) is 4.98 Å². The summed E-state index contributed by atoms with van der Waals surface area (Å²) < 4.78 is 13.5. The van der Waals surface area contributed by atoms with Crippen molar-refractivity contribution in [2.24, 2.45) is 5.10 Å². The van der Waals surface area contributed by atoms with Crippen LogP contribution in [-0.4, -0.2) is 28.4 Å². The number of nitrogens with one attached hydrogen (secondary N) is 1. The minimum Gasteiger partial charge on any atom is -0.481 e. The zero-order chi connectivity index (χ0) is 29.2. The predicted octanol–water partition coefficient (Wildman–Crippen LogP) is 7.43. The molecular formula is C32H22BrClN4O4. The van der Waals surface area contributed by atoms with Crippen LogP contribution in [-0.2, 0) is 4.79 Å². The molecule has 6 aromatic rings. The van der Waals surface area contributed by atoms with Gasteiger partial charge in [0.1, 0.15) is 5.58 Å². The van der Waals surface area contributed by atoms with Gasteiger partial charge in [0.25, 0.3) is 11.5 Å². The van der Waals surface area contributed by atoms with Crippen molar-refractivity contribution in [3.05, 3.63) is 122 Å². The van der Waals surface area contributed by atoms with Gasteiger partial charge in [0.2, 0.25) is 5.82 Å². The van der Waals surface area contributed by atoms with Crippen molar-refractivity contribution in [3.63, 3.8) is 0 Å². The molecule has 1 N–H and O–H groups in total. The Balaban J connectivity index is 1.29. The average molecular weight is 642 g/mol. The number of amides is 1. The maximum atomic E-state index is 13.5. The Kier molecular flexibility index (Phi) is 7.60. The maximum Gasteiger partial charge on any atom is 0.282 e. The number of anilines is 1. The number of aromatic nitrogens is 2. The molecule has 0 saturated carbocycles. The normalized spacial score (nSPS) is 11.4. The molecule has 0 bridgehead atoms. The summed E-state index contributed by atoms with van der Waals surface area (Å²) in [5.74, 6) is 0.652. The summed E-state index contributed by atoms with van der Waals surface area (Å²) >= 11 is 9.99. The second-order valence-corrected chi connectivity index (χ2v) is 10.7. The fraction of sp³-hybridized carbons (Fsp3) is 0.0625. The molecule has 2 aromatic heterocycles.